The van der Waals surface area contributed by atoms with Gasteiger partial charge in [-0.1, -0.05) is 25.1 Å². The highest BCUT2D eigenvalue weighted by molar-refractivity contribution is 7.17. The lowest BCUT2D eigenvalue weighted by Gasteiger charge is -2.12. The van der Waals surface area contributed by atoms with Crippen LogP contribution >= 0.6 is 11.3 Å². The van der Waals surface area contributed by atoms with Gasteiger partial charge in [-0.25, -0.2) is 9.79 Å². The molecule has 0 spiro atoms. The van der Waals surface area contributed by atoms with E-state index in [4.69, 9.17) is 14.5 Å². The summed E-state index contributed by atoms with van der Waals surface area (Å²) in [4.78, 5) is 16.6. The van der Waals surface area contributed by atoms with Crippen molar-refractivity contribution in [3.8, 4) is 0 Å². The molecule has 5 nitrogen and oxygen atoms in total. The van der Waals surface area contributed by atoms with Crippen molar-refractivity contribution in [2.75, 3.05) is 13.2 Å². The van der Waals surface area contributed by atoms with Gasteiger partial charge in [0.1, 0.15) is 0 Å². The number of hydrogen-bond acceptors (Lipinski definition) is 6. The molecule has 0 unspecified atom stereocenters. The number of carbonyl (C=O) groups excluding carboxylic acids is 1. The van der Waals surface area contributed by atoms with E-state index in [2.05, 4.69) is 0 Å². The molecule has 0 aliphatic carbocycles. The number of nitrogens with zero attached hydrogens (tertiary/aromatic N) is 1. The first-order chi connectivity index (χ1) is 12.6. The van der Waals surface area contributed by atoms with Crippen LogP contribution in [0.15, 0.2) is 41.4 Å². The molecule has 0 saturated carbocycles. The Balaban J connectivity index is 1.91. The Labute approximate surface area is 153 Å². The fraction of sp³-hybridized carbons (Fsp3) is 0.200. The highest BCUT2D eigenvalue weighted by Crippen LogP contribution is 2.26. The van der Waals surface area contributed by atoms with Crippen LogP contribution in [0.2, 0.25) is 0 Å². The Morgan fingerprint density at radius 3 is 2.69 bits per heavy atom. The van der Waals surface area contributed by atoms with Crippen LogP contribution in [0.4, 0.5) is 5.69 Å². The lowest BCUT2D eigenvalue weighted by molar-refractivity contribution is -0.291. The van der Waals surface area contributed by atoms with E-state index in [-0.39, 0.29) is 11.9 Å². The molecule has 0 fully saturated rings. The molecule has 0 amide bonds. The lowest BCUT2D eigenvalue weighted by atomic mass is 10.2. The van der Waals surface area contributed by atoms with Gasteiger partial charge in [0.15, 0.2) is 0 Å². The number of fused-ring (bicyclic) bond motifs is 4. The average Bonchev–Trinajstić information content (AvgIpc) is 3.16. The molecule has 0 N–H and O–H groups in total. The Bertz CT molecular complexity index is 1240. The SMILES string of the molecule is CCOC(=O)c1ccc2c3c(sc2c1)=c1ccc(=C([O-])OCC)cc1N=3. The minimum absolute atomic E-state index is 0.320. The zero-order valence-corrected chi connectivity index (χ0v) is 15.2. The summed E-state index contributed by atoms with van der Waals surface area (Å²) in [6.07, 6.45) is 0. The van der Waals surface area contributed by atoms with E-state index >= 15 is 0 Å². The minimum atomic E-state index is -0.343. The maximum absolute atomic E-state index is 11.9. The van der Waals surface area contributed by atoms with Gasteiger partial charge < -0.3 is 14.6 Å². The summed E-state index contributed by atoms with van der Waals surface area (Å²) in [6.45, 7) is 4.26. The zero-order chi connectivity index (χ0) is 18.3. The Morgan fingerprint density at radius 2 is 1.92 bits per heavy atom. The van der Waals surface area contributed by atoms with Crippen LogP contribution in [-0.4, -0.2) is 19.2 Å². The number of ether oxygens (including phenoxy) is 2. The summed E-state index contributed by atoms with van der Waals surface area (Å²) in [5.41, 5.74) is 1.31. The topological polar surface area (TPSA) is 71.0 Å². The van der Waals surface area contributed by atoms with Crippen LogP contribution in [-0.2, 0) is 9.47 Å². The molecule has 132 valence electrons. The first kappa shape index (κ1) is 16.6. The van der Waals surface area contributed by atoms with Crippen molar-refractivity contribution in [1.29, 1.82) is 0 Å². The summed E-state index contributed by atoms with van der Waals surface area (Å²) in [7, 11) is 0. The van der Waals surface area contributed by atoms with E-state index in [1.807, 2.05) is 18.2 Å². The smallest absolute Gasteiger partial charge is 0.338 e. The molecule has 2 aromatic carbocycles. The summed E-state index contributed by atoms with van der Waals surface area (Å²) in [5, 5.41) is 15.3. The van der Waals surface area contributed by atoms with Gasteiger partial charge in [0.05, 0.1) is 33.7 Å². The van der Waals surface area contributed by atoms with Gasteiger partial charge in [-0.05, 0) is 36.9 Å². The number of thiophene rings is 1. The average molecular weight is 366 g/mol. The first-order valence-electron chi connectivity index (χ1n) is 8.39. The molecule has 1 aliphatic rings. The van der Waals surface area contributed by atoms with E-state index in [0.717, 1.165) is 30.9 Å². The van der Waals surface area contributed by atoms with Crippen LogP contribution in [0.25, 0.3) is 16.0 Å². The van der Waals surface area contributed by atoms with E-state index in [9.17, 15) is 9.90 Å². The summed E-state index contributed by atoms with van der Waals surface area (Å²) < 4.78 is 12.2. The zero-order valence-electron chi connectivity index (χ0n) is 14.4. The minimum Gasteiger partial charge on any atom is -0.613 e. The molecular formula is C20H16NO4S-. The fourth-order valence-electron chi connectivity index (χ4n) is 3.00. The number of esters is 1. The molecule has 0 radical (unpaired) electrons. The van der Waals surface area contributed by atoms with Gasteiger partial charge >= 0.3 is 5.97 Å². The van der Waals surface area contributed by atoms with Crippen molar-refractivity contribution in [2.24, 2.45) is 4.99 Å². The summed E-state index contributed by atoms with van der Waals surface area (Å²) >= 11 is 1.59. The summed E-state index contributed by atoms with van der Waals surface area (Å²) in [5.74, 6) is -0.663. The highest BCUT2D eigenvalue weighted by Gasteiger charge is 2.13. The molecule has 3 aromatic rings. The molecule has 0 saturated heterocycles. The molecule has 2 heterocycles. The second-order valence-electron chi connectivity index (χ2n) is 5.78. The Morgan fingerprint density at radius 1 is 1.12 bits per heavy atom. The maximum Gasteiger partial charge on any atom is 0.338 e. The molecule has 1 aromatic heterocycles. The molecule has 1 aliphatic heterocycles. The van der Waals surface area contributed by atoms with Gasteiger partial charge in [-0.3, -0.25) is 0 Å². The van der Waals surface area contributed by atoms with E-state index in [0.29, 0.717) is 24.0 Å². The van der Waals surface area contributed by atoms with E-state index in [1.54, 1.807) is 43.4 Å². The normalized spacial score (nSPS) is 13.0. The number of rotatable bonds is 4. The lowest BCUT2D eigenvalue weighted by Crippen LogP contribution is -2.18. The van der Waals surface area contributed by atoms with Crippen molar-refractivity contribution in [3.63, 3.8) is 0 Å². The number of hydrogen-bond donors (Lipinski definition) is 0. The quantitative estimate of drug-likeness (QED) is 0.519. The van der Waals surface area contributed by atoms with Crippen LogP contribution < -0.4 is 15.7 Å². The monoisotopic (exact) mass is 366 g/mol. The van der Waals surface area contributed by atoms with Crippen LogP contribution in [0.5, 0.6) is 0 Å². The Kier molecular flexibility index (Phi) is 4.12. The molecule has 0 bridgehead atoms. The fourth-order valence-corrected chi connectivity index (χ4v) is 4.21. The second kappa shape index (κ2) is 6.46. The van der Waals surface area contributed by atoms with Crippen molar-refractivity contribution in [1.82, 2.24) is 0 Å². The predicted octanol–water partition coefficient (Wildman–Crippen LogP) is 2.09. The van der Waals surface area contributed by atoms with Crippen molar-refractivity contribution >= 4 is 39.0 Å². The van der Waals surface area contributed by atoms with Gasteiger partial charge in [0.2, 0.25) is 0 Å². The molecule has 4 rings (SSSR count). The van der Waals surface area contributed by atoms with Gasteiger partial charge in [0, 0.05) is 15.3 Å². The van der Waals surface area contributed by atoms with Crippen LogP contribution in [0.3, 0.4) is 0 Å². The van der Waals surface area contributed by atoms with Gasteiger partial charge in [0.25, 0.3) is 0 Å². The largest absolute Gasteiger partial charge is 0.613 e. The second-order valence-corrected chi connectivity index (χ2v) is 6.83. The predicted molar refractivity (Wildman–Crippen MR) is 97.4 cm³/mol. The third-order valence-corrected chi connectivity index (χ3v) is 5.34. The number of benzene rings is 2. The third kappa shape index (κ3) is 2.63. The standard InChI is InChI=1S/C20H17NO4S/c1-3-24-19(22)11-5-7-13-15(9-11)21-17-14-8-6-12(20(23)25-4-2)10-16(14)26-18(13)17/h5-10,22H,3-4H2,1-2H3/p-1. The molecule has 0 atom stereocenters. The third-order valence-electron chi connectivity index (χ3n) is 4.16. The van der Waals surface area contributed by atoms with E-state index in [1.165, 1.54) is 0 Å². The maximum atomic E-state index is 11.9. The molecule has 26 heavy (non-hydrogen) atoms. The van der Waals surface area contributed by atoms with Crippen LogP contribution in [0.1, 0.15) is 24.2 Å². The first-order valence-corrected chi connectivity index (χ1v) is 9.21. The van der Waals surface area contributed by atoms with Crippen molar-refractivity contribution in [2.45, 2.75) is 13.8 Å². The Hall–Kier alpha value is -2.86. The van der Waals surface area contributed by atoms with Gasteiger partial charge in [-0.2, -0.15) is 0 Å². The molecular weight excluding hydrogens is 350 g/mol. The van der Waals surface area contributed by atoms with Crippen molar-refractivity contribution in [3.05, 3.63) is 62.3 Å². The number of carbonyl (C=O) groups is 1. The molecule has 6 heteroatoms. The van der Waals surface area contributed by atoms with E-state index < -0.39 is 0 Å². The van der Waals surface area contributed by atoms with Gasteiger partial charge in [-0.15, -0.1) is 11.3 Å². The van der Waals surface area contributed by atoms with Crippen LogP contribution in [0, 0.1) is 9.75 Å². The van der Waals surface area contributed by atoms with Crippen molar-refractivity contribution < 1.29 is 19.4 Å². The summed E-state index contributed by atoms with van der Waals surface area (Å²) in [6, 6.07) is 10.9. The highest BCUT2D eigenvalue weighted by atomic mass is 32.1.